The van der Waals surface area contributed by atoms with Gasteiger partial charge in [-0.05, 0) is 18.2 Å². The number of alkyl halides is 2. The predicted molar refractivity (Wildman–Crippen MR) is 61.9 cm³/mol. The molecule has 0 aliphatic rings. The molecule has 0 saturated heterocycles. The van der Waals surface area contributed by atoms with Crippen LogP contribution in [0.5, 0.6) is 0 Å². The number of nitrogen functional groups attached to an aromatic ring is 1. The summed E-state index contributed by atoms with van der Waals surface area (Å²) in [4.78, 5) is 0. The Bertz CT molecular complexity index is 493. The van der Waals surface area contributed by atoms with Crippen molar-refractivity contribution >= 4 is 37.3 Å². The first-order valence-corrected chi connectivity index (χ1v) is 6.37. The van der Waals surface area contributed by atoms with Crippen molar-refractivity contribution in [2.45, 2.75) is 5.76 Å². The molecule has 1 rings (SSSR count). The molecule has 0 bridgehead atoms. The SMILES string of the molecule is CN(c1ccc(Br)cc1N)S(=O)(=O)C(F)F. The molecule has 90 valence electrons. The van der Waals surface area contributed by atoms with Gasteiger partial charge in [-0.1, -0.05) is 15.9 Å². The van der Waals surface area contributed by atoms with Crippen LogP contribution in [0, 0.1) is 0 Å². The van der Waals surface area contributed by atoms with E-state index in [1.165, 1.54) is 18.2 Å². The molecule has 0 amide bonds. The number of anilines is 2. The Hall–Kier alpha value is -0.890. The van der Waals surface area contributed by atoms with Crippen molar-refractivity contribution < 1.29 is 17.2 Å². The highest BCUT2D eigenvalue weighted by molar-refractivity contribution is 9.10. The molecule has 0 heterocycles. The van der Waals surface area contributed by atoms with Crippen molar-refractivity contribution in [1.29, 1.82) is 0 Å². The van der Waals surface area contributed by atoms with Crippen molar-refractivity contribution in [3.05, 3.63) is 22.7 Å². The molecule has 16 heavy (non-hydrogen) atoms. The van der Waals surface area contributed by atoms with E-state index in [2.05, 4.69) is 15.9 Å². The molecular weight excluding hydrogens is 306 g/mol. The Kier molecular flexibility index (Phi) is 3.74. The Morgan fingerprint density at radius 3 is 2.44 bits per heavy atom. The lowest BCUT2D eigenvalue weighted by atomic mass is 10.3. The Labute approximate surface area is 100 Å². The number of benzene rings is 1. The lowest BCUT2D eigenvalue weighted by Gasteiger charge is -2.20. The summed E-state index contributed by atoms with van der Waals surface area (Å²) in [7, 11) is -3.63. The first-order valence-electron chi connectivity index (χ1n) is 4.07. The van der Waals surface area contributed by atoms with Gasteiger partial charge in [-0.25, -0.2) is 8.42 Å². The van der Waals surface area contributed by atoms with Crippen molar-refractivity contribution in [3.8, 4) is 0 Å². The third kappa shape index (κ3) is 2.43. The standard InChI is InChI=1S/C8H9BrF2N2O2S/c1-13(16(14,15)8(10)11)7-3-2-5(9)4-6(7)12/h2-4,8H,12H2,1H3. The van der Waals surface area contributed by atoms with Gasteiger partial charge < -0.3 is 5.73 Å². The van der Waals surface area contributed by atoms with E-state index in [1.807, 2.05) is 0 Å². The van der Waals surface area contributed by atoms with E-state index in [0.29, 0.717) is 8.78 Å². The van der Waals surface area contributed by atoms with Crippen LogP contribution >= 0.6 is 15.9 Å². The van der Waals surface area contributed by atoms with Crippen LogP contribution in [0.2, 0.25) is 0 Å². The normalized spacial score (nSPS) is 11.8. The molecule has 1 aromatic carbocycles. The molecule has 0 unspecified atom stereocenters. The summed E-state index contributed by atoms with van der Waals surface area (Å²) in [5.41, 5.74) is 5.65. The molecule has 2 N–H and O–H groups in total. The minimum atomic E-state index is -4.66. The Morgan fingerprint density at radius 1 is 1.44 bits per heavy atom. The van der Waals surface area contributed by atoms with Gasteiger partial charge in [0, 0.05) is 11.5 Å². The Morgan fingerprint density at radius 2 is 2.00 bits per heavy atom. The van der Waals surface area contributed by atoms with E-state index >= 15 is 0 Å². The van der Waals surface area contributed by atoms with Crippen LogP contribution in [0.15, 0.2) is 22.7 Å². The van der Waals surface area contributed by atoms with Gasteiger partial charge in [-0.2, -0.15) is 8.78 Å². The average molecular weight is 315 g/mol. The summed E-state index contributed by atoms with van der Waals surface area (Å²) < 4.78 is 48.0. The maximum atomic E-state index is 12.3. The van der Waals surface area contributed by atoms with Crippen molar-refractivity contribution in [2.24, 2.45) is 0 Å². The predicted octanol–water partition coefficient (Wildman–Crippen LogP) is 2.02. The zero-order chi connectivity index (χ0) is 12.5. The summed E-state index contributed by atoms with van der Waals surface area (Å²) in [6.07, 6.45) is 0. The third-order valence-corrected chi connectivity index (χ3v) is 3.84. The van der Waals surface area contributed by atoms with Gasteiger partial charge in [0.15, 0.2) is 0 Å². The van der Waals surface area contributed by atoms with Crippen LogP contribution in [0.4, 0.5) is 20.2 Å². The van der Waals surface area contributed by atoms with E-state index < -0.39 is 15.8 Å². The van der Waals surface area contributed by atoms with E-state index in [1.54, 1.807) is 0 Å². The fourth-order valence-electron chi connectivity index (χ4n) is 1.07. The van der Waals surface area contributed by atoms with Gasteiger partial charge in [-0.3, -0.25) is 4.31 Å². The topological polar surface area (TPSA) is 63.4 Å². The van der Waals surface area contributed by atoms with Crippen LogP contribution in [0.25, 0.3) is 0 Å². The zero-order valence-corrected chi connectivity index (χ0v) is 10.6. The molecule has 8 heteroatoms. The molecule has 1 aromatic rings. The lowest BCUT2D eigenvalue weighted by molar-refractivity contribution is 0.234. The van der Waals surface area contributed by atoms with Gasteiger partial charge >= 0.3 is 5.76 Å². The summed E-state index contributed by atoms with van der Waals surface area (Å²) in [6, 6.07) is 4.30. The van der Waals surface area contributed by atoms with Crippen molar-refractivity contribution in [3.63, 3.8) is 0 Å². The fourth-order valence-corrected chi connectivity index (χ4v) is 2.13. The van der Waals surface area contributed by atoms with Gasteiger partial charge in [0.05, 0.1) is 11.4 Å². The van der Waals surface area contributed by atoms with Crippen LogP contribution in [-0.2, 0) is 10.0 Å². The van der Waals surface area contributed by atoms with Gasteiger partial charge in [0.2, 0.25) is 0 Å². The maximum Gasteiger partial charge on any atom is 0.355 e. The fraction of sp³-hybridized carbons (Fsp3) is 0.250. The van der Waals surface area contributed by atoms with Crippen LogP contribution in [0.3, 0.4) is 0 Å². The van der Waals surface area contributed by atoms with Gasteiger partial charge in [0.25, 0.3) is 10.0 Å². The third-order valence-electron chi connectivity index (χ3n) is 1.94. The molecule has 0 fully saturated rings. The number of hydrogen-bond donors (Lipinski definition) is 1. The summed E-state index contributed by atoms with van der Waals surface area (Å²) in [6.45, 7) is 0. The lowest BCUT2D eigenvalue weighted by Crippen LogP contribution is -2.32. The molecular formula is C8H9BrF2N2O2S. The minimum Gasteiger partial charge on any atom is -0.397 e. The molecule has 0 aromatic heterocycles. The number of rotatable bonds is 3. The first-order chi connectivity index (χ1) is 7.26. The van der Waals surface area contributed by atoms with E-state index in [0.717, 1.165) is 7.05 Å². The highest BCUT2D eigenvalue weighted by Crippen LogP contribution is 2.29. The molecule has 0 atom stereocenters. The molecule has 0 saturated carbocycles. The van der Waals surface area contributed by atoms with E-state index in [4.69, 9.17) is 5.73 Å². The first kappa shape index (κ1) is 13.2. The molecule has 0 aliphatic carbocycles. The van der Waals surface area contributed by atoms with E-state index in [-0.39, 0.29) is 11.4 Å². The Balaban J connectivity index is 3.20. The largest absolute Gasteiger partial charge is 0.397 e. The number of nitrogens with two attached hydrogens (primary N) is 1. The monoisotopic (exact) mass is 314 g/mol. The van der Waals surface area contributed by atoms with Gasteiger partial charge in [-0.15, -0.1) is 0 Å². The highest BCUT2D eigenvalue weighted by Gasteiger charge is 2.30. The van der Waals surface area contributed by atoms with Crippen LogP contribution in [0.1, 0.15) is 0 Å². The summed E-state index contributed by atoms with van der Waals surface area (Å²) in [5.74, 6) is -3.47. The second kappa shape index (κ2) is 4.54. The zero-order valence-electron chi connectivity index (χ0n) is 8.19. The number of hydrogen-bond acceptors (Lipinski definition) is 3. The summed E-state index contributed by atoms with van der Waals surface area (Å²) >= 11 is 3.13. The van der Waals surface area contributed by atoms with Crippen molar-refractivity contribution in [1.82, 2.24) is 0 Å². The highest BCUT2D eigenvalue weighted by atomic mass is 79.9. The van der Waals surface area contributed by atoms with Gasteiger partial charge in [0.1, 0.15) is 0 Å². The van der Waals surface area contributed by atoms with Crippen molar-refractivity contribution in [2.75, 3.05) is 17.1 Å². The molecule has 0 spiro atoms. The molecule has 0 aliphatic heterocycles. The maximum absolute atomic E-state index is 12.3. The smallest absolute Gasteiger partial charge is 0.355 e. The molecule has 0 radical (unpaired) electrons. The number of halogens is 3. The number of nitrogens with zero attached hydrogens (tertiary/aromatic N) is 1. The number of sulfonamides is 1. The van der Waals surface area contributed by atoms with Crippen LogP contribution in [-0.4, -0.2) is 21.2 Å². The second-order valence-electron chi connectivity index (χ2n) is 2.98. The summed E-state index contributed by atoms with van der Waals surface area (Å²) in [5, 5.41) is 0. The van der Waals surface area contributed by atoms with E-state index in [9.17, 15) is 17.2 Å². The average Bonchev–Trinajstić information content (AvgIpc) is 2.16. The van der Waals surface area contributed by atoms with Crippen LogP contribution < -0.4 is 10.0 Å². The minimum absolute atomic E-state index is 0.0171. The second-order valence-corrected chi connectivity index (χ2v) is 5.83. The molecule has 4 nitrogen and oxygen atoms in total. The quantitative estimate of drug-likeness (QED) is 0.868.